The SMILES string of the molecule is Cc1cc(C)cc(NC(=S)NC(=O)COc2cccc3ccccc23)c1. The number of hydrogen-bond acceptors (Lipinski definition) is 3. The van der Waals surface area contributed by atoms with Crippen LogP contribution in [0.15, 0.2) is 60.7 Å². The van der Waals surface area contributed by atoms with Gasteiger partial charge >= 0.3 is 0 Å². The van der Waals surface area contributed by atoms with Gasteiger partial charge in [-0.05, 0) is 60.8 Å². The van der Waals surface area contributed by atoms with Crippen LogP contribution in [0.2, 0.25) is 0 Å². The molecular formula is C21H20N2O2S. The van der Waals surface area contributed by atoms with Crippen molar-refractivity contribution in [3.63, 3.8) is 0 Å². The molecule has 0 bridgehead atoms. The van der Waals surface area contributed by atoms with E-state index in [2.05, 4.69) is 16.7 Å². The maximum absolute atomic E-state index is 12.1. The summed E-state index contributed by atoms with van der Waals surface area (Å²) in [6.45, 7) is 3.92. The number of nitrogens with one attached hydrogen (secondary N) is 2. The highest BCUT2D eigenvalue weighted by atomic mass is 32.1. The van der Waals surface area contributed by atoms with Crippen molar-refractivity contribution >= 4 is 39.7 Å². The molecule has 3 aromatic carbocycles. The van der Waals surface area contributed by atoms with Crippen LogP contribution in [0.1, 0.15) is 11.1 Å². The number of benzene rings is 3. The fourth-order valence-corrected chi connectivity index (χ4v) is 3.07. The van der Waals surface area contributed by atoms with Crippen molar-refractivity contribution in [1.29, 1.82) is 0 Å². The summed E-state index contributed by atoms with van der Waals surface area (Å²) in [5.41, 5.74) is 3.10. The number of ether oxygens (including phenoxy) is 1. The predicted molar refractivity (Wildman–Crippen MR) is 110 cm³/mol. The van der Waals surface area contributed by atoms with E-state index in [-0.39, 0.29) is 17.6 Å². The highest BCUT2D eigenvalue weighted by molar-refractivity contribution is 7.80. The lowest BCUT2D eigenvalue weighted by atomic mass is 10.1. The normalized spacial score (nSPS) is 10.4. The third-order valence-electron chi connectivity index (χ3n) is 3.84. The Morgan fingerprint density at radius 2 is 1.69 bits per heavy atom. The van der Waals surface area contributed by atoms with E-state index < -0.39 is 0 Å². The third kappa shape index (κ3) is 4.58. The largest absolute Gasteiger partial charge is 0.483 e. The smallest absolute Gasteiger partial charge is 0.264 e. The summed E-state index contributed by atoms with van der Waals surface area (Å²) >= 11 is 5.21. The van der Waals surface area contributed by atoms with Crippen LogP contribution >= 0.6 is 12.2 Å². The zero-order chi connectivity index (χ0) is 18.5. The van der Waals surface area contributed by atoms with E-state index in [1.165, 1.54) is 0 Å². The van der Waals surface area contributed by atoms with Gasteiger partial charge in [0.1, 0.15) is 5.75 Å². The fourth-order valence-electron chi connectivity index (χ4n) is 2.84. The molecule has 132 valence electrons. The Labute approximate surface area is 158 Å². The summed E-state index contributed by atoms with van der Waals surface area (Å²) in [6.07, 6.45) is 0. The van der Waals surface area contributed by atoms with Crippen molar-refractivity contribution in [3.8, 4) is 5.75 Å². The highest BCUT2D eigenvalue weighted by Crippen LogP contribution is 2.24. The van der Waals surface area contributed by atoms with Gasteiger partial charge in [0.05, 0.1) is 0 Å². The monoisotopic (exact) mass is 364 g/mol. The Balaban J connectivity index is 1.57. The van der Waals surface area contributed by atoms with Crippen LogP contribution in [-0.4, -0.2) is 17.6 Å². The quantitative estimate of drug-likeness (QED) is 0.676. The van der Waals surface area contributed by atoms with Gasteiger partial charge in [-0.2, -0.15) is 0 Å². The first-order chi connectivity index (χ1) is 12.5. The van der Waals surface area contributed by atoms with E-state index >= 15 is 0 Å². The first-order valence-electron chi connectivity index (χ1n) is 8.31. The summed E-state index contributed by atoms with van der Waals surface area (Å²) in [6, 6.07) is 19.7. The Hall–Kier alpha value is -2.92. The Bertz CT molecular complexity index is 944. The number of amides is 1. The third-order valence-corrected chi connectivity index (χ3v) is 4.05. The van der Waals surface area contributed by atoms with Crippen LogP contribution in [0.5, 0.6) is 5.75 Å². The number of hydrogen-bond donors (Lipinski definition) is 2. The molecule has 26 heavy (non-hydrogen) atoms. The van der Waals surface area contributed by atoms with Gasteiger partial charge in [0, 0.05) is 11.1 Å². The number of carbonyl (C=O) groups is 1. The van der Waals surface area contributed by atoms with Gasteiger partial charge in [-0.1, -0.05) is 42.5 Å². The molecule has 0 spiro atoms. The lowest BCUT2D eigenvalue weighted by Crippen LogP contribution is -2.37. The number of aryl methyl sites for hydroxylation is 2. The second-order valence-corrected chi connectivity index (χ2v) is 6.55. The lowest BCUT2D eigenvalue weighted by Gasteiger charge is -2.12. The van der Waals surface area contributed by atoms with E-state index in [4.69, 9.17) is 17.0 Å². The molecule has 0 aliphatic carbocycles. The lowest BCUT2D eigenvalue weighted by molar-refractivity contribution is -0.121. The van der Waals surface area contributed by atoms with E-state index in [0.717, 1.165) is 27.6 Å². The molecule has 0 fully saturated rings. The van der Waals surface area contributed by atoms with Gasteiger partial charge in [-0.25, -0.2) is 0 Å². The van der Waals surface area contributed by atoms with E-state index in [1.807, 2.05) is 68.4 Å². The van der Waals surface area contributed by atoms with Gasteiger partial charge in [0.2, 0.25) is 0 Å². The number of anilines is 1. The second kappa shape index (κ2) is 7.97. The topological polar surface area (TPSA) is 50.4 Å². The molecule has 0 aliphatic heterocycles. The first-order valence-corrected chi connectivity index (χ1v) is 8.72. The molecule has 3 rings (SSSR count). The minimum absolute atomic E-state index is 0.108. The number of thiocarbonyl (C=S) groups is 1. The number of rotatable bonds is 4. The predicted octanol–water partition coefficient (Wildman–Crippen LogP) is 4.35. The van der Waals surface area contributed by atoms with E-state index in [1.54, 1.807) is 0 Å². The van der Waals surface area contributed by atoms with Gasteiger partial charge in [-0.15, -0.1) is 0 Å². The summed E-state index contributed by atoms with van der Waals surface area (Å²) in [4.78, 5) is 12.1. The Morgan fingerprint density at radius 3 is 2.46 bits per heavy atom. The minimum Gasteiger partial charge on any atom is -0.483 e. The second-order valence-electron chi connectivity index (χ2n) is 6.14. The summed E-state index contributed by atoms with van der Waals surface area (Å²) in [5.74, 6) is 0.367. The Kier molecular flexibility index (Phi) is 5.49. The van der Waals surface area contributed by atoms with Crippen LogP contribution < -0.4 is 15.4 Å². The molecule has 0 aliphatic rings. The average Bonchev–Trinajstić information content (AvgIpc) is 2.58. The van der Waals surface area contributed by atoms with Crippen molar-refractivity contribution < 1.29 is 9.53 Å². The van der Waals surface area contributed by atoms with Crippen LogP contribution in [0.3, 0.4) is 0 Å². The molecule has 0 unspecified atom stereocenters. The van der Waals surface area contributed by atoms with Crippen molar-refractivity contribution in [2.45, 2.75) is 13.8 Å². The highest BCUT2D eigenvalue weighted by Gasteiger charge is 2.08. The molecular weight excluding hydrogens is 344 g/mol. The summed E-state index contributed by atoms with van der Waals surface area (Å²) in [7, 11) is 0. The molecule has 4 nitrogen and oxygen atoms in total. The maximum atomic E-state index is 12.1. The molecule has 0 atom stereocenters. The van der Waals surface area contributed by atoms with Crippen molar-refractivity contribution in [3.05, 3.63) is 71.8 Å². The van der Waals surface area contributed by atoms with E-state index in [0.29, 0.717) is 5.75 Å². The zero-order valence-corrected chi connectivity index (χ0v) is 15.5. The average molecular weight is 364 g/mol. The van der Waals surface area contributed by atoms with Gasteiger partial charge in [0.25, 0.3) is 5.91 Å². The molecule has 1 amide bonds. The van der Waals surface area contributed by atoms with Crippen molar-refractivity contribution in [2.75, 3.05) is 11.9 Å². The van der Waals surface area contributed by atoms with Crippen LogP contribution in [0.25, 0.3) is 10.8 Å². The van der Waals surface area contributed by atoms with Gasteiger partial charge in [-0.3, -0.25) is 10.1 Å². The summed E-state index contributed by atoms with van der Waals surface area (Å²) < 4.78 is 5.67. The number of fused-ring (bicyclic) bond motifs is 1. The molecule has 0 radical (unpaired) electrons. The zero-order valence-electron chi connectivity index (χ0n) is 14.7. The molecule has 0 heterocycles. The number of carbonyl (C=O) groups excluding carboxylic acids is 1. The molecule has 5 heteroatoms. The van der Waals surface area contributed by atoms with Crippen LogP contribution in [0.4, 0.5) is 5.69 Å². The maximum Gasteiger partial charge on any atom is 0.264 e. The molecule has 0 aromatic heterocycles. The van der Waals surface area contributed by atoms with Crippen LogP contribution in [-0.2, 0) is 4.79 Å². The van der Waals surface area contributed by atoms with Crippen molar-refractivity contribution in [2.24, 2.45) is 0 Å². The summed E-state index contributed by atoms with van der Waals surface area (Å²) in [5, 5.41) is 7.96. The molecule has 2 N–H and O–H groups in total. The standard InChI is InChI=1S/C21H20N2O2S/c1-14-10-15(2)12-17(11-14)22-21(26)23-20(24)13-25-19-9-5-7-16-6-3-4-8-18(16)19/h3-12H,13H2,1-2H3,(H2,22,23,24,26). The fraction of sp³-hybridized carbons (Fsp3) is 0.143. The van der Waals surface area contributed by atoms with Gasteiger partial charge in [0.15, 0.2) is 11.7 Å². The minimum atomic E-state index is -0.306. The Morgan fingerprint density at radius 1 is 1.00 bits per heavy atom. The molecule has 3 aromatic rings. The van der Waals surface area contributed by atoms with Crippen molar-refractivity contribution in [1.82, 2.24) is 5.32 Å². The van der Waals surface area contributed by atoms with Crippen LogP contribution in [0, 0.1) is 13.8 Å². The van der Waals surface area contributed by atoms with Gasteiger partial charge < -0.3 is 10.1 Å². The molecule has 0 saturated heterocycles. The first kappa shape index (κ1) is 17.9. The molecule has 0 saturated carbocycles. The van der Waals surface area contributed by atoms with E-state index in [9.17, 15) is 4.79 Å².